The van der Waals surface area contributed by atoms with Crippen LogP contribution in [0, 0.1) is 29.1 Å². The van der Waals surface area contributed by atoms with Gasteiger partial charge in [0, 0.05) is 50.5 Å². The summed E-state index contributed by atoms with van der Waals surface area (Å²) in [5, 5.41) is 0. The molecule has 0 fully saturated rings. The van der Waals surface area contributed by atoms with Gasteiger partial charge in [-0.15, -0.1) is 0 Å². The third-order valence-corrected chi connectivity index (χ3v) is 10.6. The van der Waals surface area contributed by atoms with Gasteiger partial charge in [0.25, 0.3) is 0 Å². The van der Waals surface area contributed by atoms with Gasteiger partial charge in [0.05, 0.1) is 11.4 Å². The zero-order chi connectivity index (χ0) is 43.2. The van der Waals surface area contributed by atoms with Gasteiger partial charge in [-0.25, -0.2) is 56.8 Å². The van der Waals surface area contributed by atoms with Crippen LogP contribution in [0.5, 0.6) is 0 Å². The van der Waals surface area contributed by atoms with Crippen molar-refractivity contribution < 1.29 is 22.0 Å². The molecule has 0 saturated carbocycles. The van der Waals surface area contributed by atoms with E-state index in [0.29, 0.717) is 50.5 Å². The van der Waals surface area contributed by atoms with Gasteiger partial charge in [-0.2, -0.15) is 0 Å². The lowest BCUT2D eigenvalue weighted by Crippen LogP contribution is -2.05. The summed E-state index contributed by atoms with van der Waals surface area (Å²) >= 11 is 0. The van der Waals surface area contributed by atoms with Crippen molar-refractivity contribution in [1.29, 1.82) is 0 Å². The molecule has 0 bridgehead atoms. The molecule has 0 radical (unpaired) electrons. The number of aromatic nitrogens is 8. The fraction of sp³-hybridized carbons (Fsp3) is 0.0600. The van der Waals surface area contributed by atoms with Crippen LogP contribution in [0.25, 0.3) is 91.5 Å². The molecule has 9 aromatic rings. The normalized spacial score (nSPS) is 13.3. The van der Waals surface area contributed by atoms with Crippen molar-refractivity contribution in [2.45, 2.75) is 19.3 Å². The van der Waals surface area contributed by atoms with Crippen molar-refractivity contribution in [3.8, 4) is 85.4 Å². The van der Waals surface area contributed by atoms with Crippen molar-refractivity contribution in [1.82, 2.24) is 39.5 Å². The molecule has 0 spiro atoms. The lowest BCUT2D eigenvalue weighted by molar-refractivity contribution is 0.627. The summed E-state index contributed by atoms with van der Waals surface area (Å²) in [6, 6.07) is 34.6. The molecule has 306 valence electrons. The number of allylic oxidation sites excluding steroid dienone is 1. The minimum Gasteiger partial charge on any atom is -0.293 e. The first-order valence-electron chi connectivity index (χ1n) is 19.9. The van der Waals surface area contributed by atoms with Gasteiger partial charge < -0.3 is 0 Å². The number of halogens is 5. The Kier molecular flexibility index (Phi) is 9.98. The van der Waals surface area contributed by atoms with E-state index in [2.05, 4.69) is 13.0 Å². The molecular formula is C50H31F5N8. The second-order valence-electron chi connectivity index (χ2n) is 15.0. The Morgan fingerprint density at radius 3 is 1.08 bits per heavy atom. The van der Waals surface area contributed by atoms with Crippen LogP contribution in [0.1, 0.15) is 30.7 Å². The molecule has 0 N–H and O–H groups in total. The van der Waals surface area contributed by atoms with Crippen LogP contribution in [-0.2, 0) is 0 Å². The van der Waals surface area contributed by atoms with E-state index in [1.807, 2.05) is 22.8 Å². The van der Waals surface area contributed by atoms with Gasteiger partial charge in [-0.1, -0.05) is 13.0 Å². The zero-order valence-corrected chi connectivity index (χ0v) is 33.2. The Balaban J connectivity index is 1.26. The maximum atomic E-state index is 14.4. The van der Waals surface area contributed by atoms with Gasteiger partial charge >= 0.3 is 0 Å². The van der Waals surface area contributed by atoms with E-state index in [4.69, 9.17) is 34.9 Å². The predicted octanol–water partition coefficient (Wildman–Crippen LogP) is 12.1. The van der Waals surface area contributed by atoms with Crippen LogP contribution < -0.4 is 0 Å². The topological polar surface area (TPSA) is 95.2 Å². The van der Waals surface area contributed by atoms with Crippen LogP contribution >= 0.6 is 0 Å². The highest BCUT2D eigenvalue weighted by molar-refractivity contribution is 5.79. The molecule has 3 heterocycles. The summed E-state index contributed by atoms with van der Waals surface area (Å²) in [4.78, 5) is 34.3. The van der Waals surface area contributed by atoms with E-state index in [1.165, 1.54) is 60.7 Å². The first-order chi connectivity index (χ1) is 30.6. The Labute approximate surface area is 357 Å². The Hall–Kier alpha value is -8.06. The third-order valence-electron chi connectivity index (χ3n) is 10.6. The van der Waals surface area contributed by atoms with Crippen LogP contribution in [0.3, 0.4) is 0 Å². The van der Waals surface area contributed by atoms with Crippen molar-refractivity contribution in [3.63, 3.8) is 0 Å². The van der Waals surface area contributed by atoms with E-state index < -0.39 is 29.1 Å². The molecule has 0 amide bonds. The lowest BCUT2D eigenvalue weighted by atomic mass is 9.97. The molecule has 0 saturated heterocycles. The van der Waals surface area contributed by atoms with E-state index in [0.717, 1.165) is 17.8 Å². The lowest BCUT2D eigenvalue weighted by Gasteiger charge is -2.16. The zero-order valence-electron chi connectivity index (χ0n) is 33.2. The maximum Gasteiger partial charge on any atom is 0.164 e. The fourth-order valence-corrected chi connectivity index (χ4v) is 7.45. The molecule has 1 aliphatic rings. The van der Waals surface area contributed by atoms with Crippen LogP contribution in [0.15, 0.2) is 146 Å². The van der Waals surface area contributed by atoms with Crippen LogP contribution in [0.4, 0.5) is 22.0 Å². The summed E-state index contributed by atoms with van der Waals surface area (Å²) in [6.07, 6.45) is 4.86. The maximum absolute atomic E-state index is 14.4. The van der Waals surface area contributed by atoms with E-state index in [9.17, 15) is 22.0 Å². The predicted molar refractivity (Wildman–Crippen MR) is 230 cm³/mol. The molecule has 1 atom stereocenters. The average Bonchev–Trinajstić information content (AvgIpc) is 3.71. The van der Waals surface area contributed by atoms with Crippen molar-refractivity contribution >= 4 is 6.08 Å². The summed E-state index contributed by atoms with van der Waals surface area (Å²) in [7, 11) is 0. The second-order valence-corrected chi connectivity index (χ2v) is 15.0. The van der Waals surface area contributed by atoms with Crippen LogP contribution in [0.2, 0.25) is 0 Å². The van der Waals surface area contributed by atoms with Gasteiger partial charge in [0.2, 0.25) is 0 Å². The SMILES string of the molecule is CC1CC=Cc2c1nc(-c1cc(-c3nc(-c4ccc(F)cc4)nc(-c4ccc(F)cc4)n3)cc(-c3nc(-c4ccc(F)cc4)nc(-c4ccc(F)cc4)n3)c1)n2-c1ccc(F)cc1. The fourth-order valence-electron chi connectivity index (χ4n) is 7.45. The first-order valence-corrected chi connectivity index (χ1v) is 19.9. The van der Waals surface area contributed by atoms with Gasteiger partial charge in [0.15, 0.2) is 34.9 Å². The highest BCUT2D eigenvalue weighted by Gasteiger charge is 2.26. The second kappa shape index (κ2) is 16.1. The standard InChI is InChI=1S/C50H31F5N8/c1-28-3-2-4-42-43(28)56-50(63(42)41-23-21-40(55)22-24-41)35-26-33(48-59-44(29-5-13-36(51)14-6-29)57-45(60-48)30-7-15-37(52)16-8-30)25-34(27-35)49-61-46(31-9-17-38(53)18-10-31)58-47(62-49)32-11-19-39(54)20-12-32/h2,4-28H,3H2,1H3. The first kappa shape index (κ1) is 39.1. The number of imidazole rings is 1. The summed E-state index contributed by atoms with van der Waals surface area (Å²) in [5.41, 5.74) is 5.89. The van der Waals surface area contributed by atoms with Crippen molar-refractivity contribution in [3.05, 3.63) is 186 Å². The molecular weight excluding hydrogens is 808 g/mol. The number of hydrogen-bond donors (Lipinski definition) is 0. The van der Waals surface area contributed by atoms with Gasteiger partial charge in [0.1, 0.15) is 34.9 Å². The number of rotatable bonds is 8. The number of hydrogen-bond acceptors (Lipinski definition) is 7. The largest absolute Gasteiger partial charge is 0.293 e. The molecule has 3 aromatic heterocycles. The van der Waals surface area contributed by atoms with E-state index >= 15 is 0 Å². The Bertz CT molecular complexity index is 2900. The molecule has 6 aromatic carbocycles. The number of nitrogens with zero attached hydrogens (tertiary/aromatic N) is 8. The molecule has 63 heavy (non-hydrogen) atoms. The minimum atomic E-state index is -0.440. The van der Waals surface area contributed by atoms with Gasteiger partial charge in [-0.05, 0) is 152 Å². The Morgan fingerprint density at radius 1 is 0.397 bits per heavy atom. The average molecular weight is 839 g/mol. The monoisotopic (exact) mass is 838 g/mol. The molecule has 8 nitrogen and oxygen atoms in total. The van der Waals surface area contributed by atoms with E-state index in [-0.39, 0.29) is 40.9 Å². The van der Waals surface area contributed by atoms with Crippen LogP contribution in [-0.4, -0.2) is 39.5 Å². The summed E-state index contributed by atoms with van der Waals surface area (Å²) in [6.45, 7) is 2.09. The highest BCUT2D eigenvalue weighted by atomic mass is 19.1. The summed E-state index contributed by atoms with van der Waals surface area (Å²) < 4.78 is 73.0. The number of benzene rings is 6. The van der Waals surface area contributed by atoms with Gasteiger partial charge in [-0.3, -0.25) is 4.57 Å². The highest BCUT2D eigenvalue weighted by Crippen LogP contribution is 2.39. The van der Waals surface area contributed by atoms with E-state index in [1.54, 1.807) is 66.7 Å². The quantitative estimate of drug-likeness (QED) is 0.141. The minimum absolute atomic E-state index is 0.0632. The molecule has 1 unspecified atom stereocenters. The Morgan fingerprint density at radius 2 is 0.714 bits per heavy atom. The third kappa shape index (κ3) is 7.87. The van der Waals surface area contributed by atoms with Crippen molar-refractivity contribution in [2.75, 3.05) is 0 Å². The molecule has 13 heteroatoms. The molecule has 0 aliphatic heterocycles. The molecule has 10 rings (SSSR count). The van der Waals surface area contributed by atoms with Crippen molar-refractivity contribution in [2.24, 2.45) is 0 Å². The summed E-state index contributed by atoms with van der Waals surface area (Å²) in [5.74, 6) is -0.250. The number of fused-ring (bicyclic) bond motifs is 1. The molecule has 1 aliphatic carbocycles. The smallest absolute Gasteiger partial charge is 0.164 e.